The number of allylic oxidation sites excluding steroid dienone is 3. The maximum Gasteiger partial charge on any atom is 0.306 e. The first kappa shape index (κ1) is 18.3. The van der Waals surface area contributed by atoms with Crippen LogP contribution in [0.1, 0.15) is 60.3 Å². The third kappa shape index (κ3) is 4.65. The monoisotopic (exact) mass is 306 g/mol. The minimum absolute atomic E-state index is 0.0326. The van der Waals surface area contributed by atoms with Gasteiger partial charge in [0.15, 0.2) is 11.9 Å². The van der Waals surface area contributed by atoms with Gasteiger partial charge in [-0.05, 0) is 36.8 Å². The third-order valence-corrected chi connectivity index (χ3v) is 3.97. The van der Waals surface area contributed by atoms with Gasteiger partial charge in [0.2, 0.25) is 0 Å². The van der Waals surface area contributed by atoms with E-state index in [1.165, 1.54) is 6.92 Å². The standard InChI is InChI=1S/C18H26O4/c1-6-7-8-14-13(3)17(21)15(11-18(14,4)5)22-16(20)10-9-12(2)19/h7-8,15H,6,9-11H2,1-5H3/b8-7+. The molecular formula is C18H26O4. The van der Waals surface area contributed by atoms with E-state index in [4.69, 9.17) is 4.74 Å². The normalized spacial score (nSPS) is 21.3. The second-order valence-corrected chi connectivity index (χ2v) is 6.48. The SMILES string of the molecule is CC/C=C/C1=C(C)C(=O)C(OC(=O)CCC(C)=O)CC1(C)C. The molecule has 0 saturated carbocycles. The molecule has 4 heteroatoms. The Kier molecular flexibility index (Phi) is 6.27. The van der Waals surface area contributed by atoms with E-state index in [9.17, 15) is 14.4 Å². The minimum Gasteiger partial charge on any atom is -0.454 e. The molecule has 22 heavy (non-hydrogen) atoms. The molecule has 1 unspecified atom stereocenters. The molecule has 0 fully saturated rings. The van der Waals surface area contributed by atoms with Crippen LogP contribution >= 0.6 is 0 Å². The van der Waals surface area contributed by atoms with Gasteiger partial charge in [-0.1, -0.05) is 32.9 Å². The van der Waals surface area contributed by atoms with Crippen LogP contribution in [0.25, 0.3) is 0 Å². The summed E-state index contributed by atoms with van der Waals surface area (Å²) in [7, 11) is 0. The van der Waals surface area contributed by atoms with E-state index < -0.39 is 12.1 Å². The topological polar surface area (TPSA) is 60.4 Å². The summed E-state index contributed by atoms with van der Waals surface area (Å²) < 4.78 is 5.31. The lowest BCUT2D eigenvalue weighted by molar-refractivity contribution is -0.156. The zero-order valence-corrected chi connectivity index (χ0v) is 14.2. The van der Waals surface area contributed by atoms with Gasteiger partial charge >= 0.3 is 5.97 Å². The Hall–Kier alpha value is -1.71. The lowest BCUT2D eigenvalue weighted by atomic mass is 9.71. The van der Waals surface area contributed by atoms with Gasteiger partial charge < -0.3 is 9.53 Å². The summed E-state index contributed by atoms with van der Waals surface area (Å²) in [5.74, 6) is -0.675. The summed E-state index contributed by atoms with van der Waals surface area (Å²) in [6, 6.07) is 0. The summed E-state index contributed by atoms with van der Waals surface area (Å²) in [4.78, 5) is 35.1. The van der Waals surface area contributed by atoms with Crippen LogP contribution in [-0.2, 0) is 19.1 Å². The Balaban J connectivity index is 2.88. The summed E-state index contributed by atoms with van der Waals surface area (Å²) in [5.41, 5.74) is 1.44. The van der Waals surface area contributed by atoms with Crippen molar-refractivity contribution in [2.45, 2.75) is 66.4 Å². The Morgan fingerprint density at radius 2 is 1.95 bits per heavy atom. The number of hydrogen-bond acceptors (Lipinski definition) is 4. The fraction of sp³-hybridized carbons (Fsp3) is 0.611. The first-order chi connectivity index (χ1) is 10.2. The number of hydrogen-bond donors (Lipinski definition) is 0. The molecule has 0 saturated heterocycles. The number of carbonyl (C=O) groups excluding carboxylic acids is 3. The maximum atomic E-state index is 12.4. The second kappa shape index (κ2) is 7.52. The molecular weight excluding hydrogens is 280 g/mol. The average molecular weight is 306 g/mol. The Bertz CT molecular complexity index is 523. The number of Topliss-reactive ketones (excluding diaryl/α,β-unsaturated/α-hetero) is 2. The highest BCUT2D eigenvalue weighted by Crippen LogP contribution is 2.40. The molecule has 0 aromatic carbocycles. The molecule has 0 heterocycles. The number of carbonyl (C=O) groups is 3. The predicted octanol–water partition coefficient (Wildman–Crippen LogP) is 3.55. The first-order valence-corrected chi connectivity index (χ1v) is 7.80. The Labute approximate surface area is 132 Å². The molecule has 1 aliphatic rings. The highest BCUT2D eigenvalue weighted by molar-refractivity contribution is 6.01. The number of ketones is 2. The largest absolute Gasteiger partial charge is 0.454 e. The van der Waals surface area contributed by atoms with Crippen molar-refractivity contribution in [3.05, 3.63) is 23.3 Å². The summed E-state index contributed by atoms with van der Waals surface area (Å²) in [6.45, 7) is 9.36. The Morgan fingerprint density at radius 3 is 2.50 bits per heavy atom. The van der Waals surface area contributed by atoms with E-state index in [-0.39, 0.29) is 29.8 Å². The van der Waals surface area contributed by atoms with Crippen molar-refractivity contribution in [1.29, 1.82) is 0 Å². The first-order valence-electron chi connectivity index (χ1n) is 7.80. The summed E-state index contributed by atoms with van der Waals surface area (Å²) >= 11 is 0. The highest BCUT2D eigenvalue weighted by atomic mass is 16.5. The number of rotatable bonds is 6. The van der Waals surface area contributed by atoms with Gasteiger partial charge in [0, 0.05) is 12.8 Å². The van der Waals surface area contributed by atoms with Gasteiger partial charge in [0.05, 0.1) is 6.42 Å². The van der Waals surface area contributed by atoms with Crippen molar-refractivity contribution in [2.24, 2.45) is 5.41 Å². The minimum atomic E-state index is -0.742. The molecule has 1 rings (SSSR count). The second-order valence-electron chi connectivity index (χ2n) is 6.48. The van der Waals surface area contributed by atoms with Crippen LogP contribution in [-0.4, -0.2) is 23.6 Å². The van der Waals surface area contributed by atoms with Crippen LogP contribution in [0.3, 0.4) is 0 Å². The van der Waals surface area contributed by atoms with Crippen LogP contribution < -0.4 is 0 Å². The molecule has 1 atom stereocenters. The van der Waals surface area contributed by atoms with Gasteiger partial charge in [-0.3, -0.25) is 9.59 Å². The molecule has 0 aromatic heterocycles. The van der Waals surface area contributed by atoms with Crippen LogP contribution in [0.2, 0.25) is 0 Å². The van der Waals surface area contributed by atoms with Gasteiger partial charge in [0.1, 0.15) is 5.78 Å². The molecule has 0 amide bonds. The third-order valence-electron chi connectivity index (χ3n) is 3.97. The fourth-order valence-electron chi connectivity index (χ4n) is 2.73. The molecule has 0 radical (unpaired) electrons. The Morgan fingerprint density at radius 1 is 1.32 bits per heavy atom. The lowest BCUT2D eigenvalue weighted by Crippen LogP contribution is -2.39. The molecule has 0 aromatic rings. The maximum absolute atomic E-state index is 12.4. The number of esters is 1. The van der Waals surface area contributed by atoms with Crippen molar-refractivity contribution < 1.29 is 19.1 Å². The quantitative estimate of drug-likeness (QED) is 0.704. The van der Waals surface area contributed by atoms with Crippen LogP contribution in [0, 0.1) is 5.41 Å². The zero-order chi connectivity index (χ0) is 16.9. The van der Waals surface area contributed by atoms with Crippen LogP contribution in [0.5, 0.6) is 0 Å². The van der Waals surface area contributed by atoms with E-state index in [0.717, 1.165) is 12.0 Å². The lowest BCUT2D eigenvalue weighted by Gasteiger charge is -2.36. The van der Waals surface area contributed by atoms with Crippen molar-refractivity contribution in [3.63, 3.8) is 0 Å². The smallest absolute Gasteiger partial charge is 0.306 e. The molecule has 0 spiro atoms. The highest BCUT2D eigenvalue weighted by Gasteiger charge is 2.39. The van der Waals surface area contributed by atoms with Crippen LogP contribution in [0.15, 0.2) is 23.3 Å². The summed E-state index contributed by atoms with van der Waals surface area (Å²) in [5, 5.41) is 0. The van der Waals surface area contributed by atoms with E-state index in [2.05, 4.69) is 13.8 Å². The average Bonchev–Trinajstić information content (AvgIpc) is 2.42. The van der Waals surface area contributed by atoms with Crippen molar-refractivity contribution in [3.8, 4) is 0 Å². The van der Waals surface area contributed by atoms with Gasteiger partial charge in [-0.15, -0.1) is 0 Å². The zero-order valence-electron chi connectivity index (χ0n) is 14.2. The van der Waals surface area contributed by atoms with E-state index in [1.54, 1.807) is 6.92 Å². The van der Waals surface area contributed by atoms with Crippen molar-refractivity contribution in [2.75, 3.05) is 0 Å². The molecule has 1 aliphatic carbocycles. The molecule has 122 valence electrons. The molecule has 4 nitrogen and oxygen atoms in total. The van der Waals surface area contributed by atoms with Gasteiger partial charge in [-0.25, -0.2) is 0 Å². The van der Waals surface area contributed by atoms with Crippen molar-refractivity contribution in [1.82, 2.24) is 0 Å². The van der Waals surface area contributed by atoms with Gasteiger partial charge in [0.25, 0.3) is 0 Å². The number of ether oxygens (including phenoxy) is 1. The predicted molar refractivity (Wildman–Crippen MR) is 85.3 cm³/mol. The molecule has 0 bridgehead atoms. The van der Waals surface area contributed by atoms with Crippen molar-refractivity contribution >= 4 is 17.5 Å². The summed E-state index contributed by atoms with van der Waals surface area (Å²) in [6.07, 6.45) is 4.86. The molecule has 0 N–H and O–H groups in total. The van der Waals surface area contributed by atoms with E-state index in [0.29, 0.717) is 12.0 Å². The fourth-order valence-corrected chi connectivity index (χ4v) is 2.73. The van der Waals surface area contributed by atoms with Crippen LogP contribution in [0.4, 0.5) is 0 Å². The van der Waals surface area contributed by atoms with E-state index in [1.807, 2.05) is 19.1 Å². The van der Waals surface area contributed by atoms with Gasteiger partial charge in [-0.2, -0.15) is 0 Å². The molecule has 0 aliphatic heterocycles. The van der Waals surface area contributed by atoms with E-state index >= 15 is 0 Å².